The van der Waals surface area contributed by atoms with Crippen molar-refractivity contribution < 1.29 is 4.52 Å². The van der Waals surface area contributed by atoms with Crippen molar-refractivity contribution in [2.75, 3.05) is 0 Å². The Balaban J connectivity index is 1.91. The van der Waals surface area contributed by atoms with Crippen molar-refractivity contribution in [1.82, 2.24) is 20.1 Å². The maximum atomic E-state index is 12.1. The molecule has 3 aromatic rings. The molecule has 1 aliphatic carbocycles. The Morgan fingerprint density at radius 2 is 2.25 bits per heavy atom. The lowest BCUT2D eigenvalue weighted by molar-refractivity contribution is 0.380. The average Bonchev–Trinajstić information content (AvgIpc) is 3.17. The van der Waals surface area contributed by atoms with E-state index in [0.717, 1.165) is 29.4 Å². The third kappa shape index (κ3) is 1.72. The third-order valence-corrected chi connectivity index (χ3v) is 3.58. The van der Waals surface area contributed by atoms with Gasteiger partial charge in [-0.1, -0.05) is 5.16 Å². The number of nitrogens with one attached hydrogen (secondary N) is 1. The highest BCUT2D eigenvalue weighted by molar-refractivity contribution is 5.83. The topological polar surface area (TPSA) is 84.7 Å². The summed E-state index contributed by atoms with van der Waals surface area (Å²) >= 11 is 0. The lowest BCUT2D eigenvalue weighted by atomic mass is 10.1. The van der Waals surface area contributed by atoms with Crippen molar-refractivity contribution >= 4 is 10.9 Å². The molecular weight excluding hydrogens is 256 g/mol. The van der Waals surface area contributed by atoms with Crippen LogP contribution in [-0.2, 0) is 0 Å². The summed E-state index contributed by atoms with van der Waals surface area (Å²) in [5.41, 5.74) is 1.82. The maximum absolute atomic E-state index is 12.1. The monoisotopic (exact) mass is 268 g/mol. The van der Waals surface area contributed by atoms with E-state index in [1.165, 1.54) is 0 Å². The van der Waals surface area contributed by atoms with Crippen molar-refractivity contribution in [1.29, 1.82) is 0 Å². The van der Waals surface area contributed by atoms with Gasteiger partial charge in [0, 0.05) is 23.2 Å². The van der Waals surface area contributed by atoms with E-state index < -0.39 is 0 Å². The number of hydrogen-bond donors (Lipinski definition) is 1. The molecule has 1 aliphatic rings. The molecule has 3 aromatic heterocycles. The summed E-state index contributed by atoms with van der Waals surface area (Å²) in [6.45, 7) is 1.90. The Hall–Kier alpha value is -2.50. The first-order valence-electron chi connectivity index (χ1n) is 6.55. The van der Waals surface area contributed by atoms with E-state index in [1.807, 2.05) is 6.92 Å². The number of pyridine rings is 2. The fourth-order valence-electron chi connectivity index (χ4n) is 2.28. The normalized spacial score (nSPS) is 14.8. The zero-order chi connectivity index (χ0) is 13.7. The lowest BCUT2D eigenvalue weighted by Gasteiger charge is -2.02. The Morgan fingerprint density at radius 3 is 3.05 bits per heavy atom. The van der Waals surface area contributed by atoms with Crippen LogP contribution in [0.5, 0.6) is 0 Å². The third-order valence-electron chi connectivity index (χ3n) is 3.58. The van der Waals surface area contributed by atoms with Crippen molar-refractivity contribution in [3.63, 3.8) is 0 Å². The van der Waals surface area contributed by atoms with Gasteiger partial charge >= 0.3 is 0 Å². The molecule has 6 heteroatoms. The molecule has 4 rings (SSSR count). The number of H-pyrrole nitrogens is 1. The van der Waals surface area contributed by atoms with Crippen LogP contribution < -0.4 is 5.56 Å². The van der Waals surface area contributed by atoms with Crippen LogP contribution in [0.2, 0.25) is 0 Å². The van der Waals surface area contributed by atoms with Gasteiger partial charge in [0.25, 0.3) is 5.56 Å². The number of rotatable bonds is 2. The molecular formula is C14H12N4O2. The Labute approximate surface area is 113 Å². The maximum Gasteiger partial charge on any atom is 0.259 e. The molecule has 6 nitrogen and oxygen atoms in total. The minimum atomic E-state index is -0.216. The second-order valence-corrected chi connectivity index (χ2v) is 5.10. The molecule has 0 atom stereocenters. The number of hydrogen-bond acceptors (Lipinski definition) is 5. The highest BCUT2D eigenvalue weighted by Crippen LogP contribution is 2.39. The number of aromatic nitrogens is 4. The summed E-state index contributed by atoms with van der Waals surface area (Å²) in [5, 5.41) is 4.81. The fraction of sp³-hybridized carbons (Fsp3) is 0.286. The number of aromatic amines is 1. The van der Waals surface area contributed by atoms with E-state index in [1.54, 1.807) is 18.3 Å². The fourth-order valence-corrected chi connectivity index (χ4v) is 2.28. The van der Waals surface area contributed by atoms with Gasteiger partial charge in [0.1, 0.15) is 0 Å². The van der Waals surface area contributed by atoms with Crippen molar-refractivity contribution in [2.24, 2.45) is 0 Å². The van der Waals surface area contributed by atoms with Crippen LogP contribution in [0.1, 0.15) is 30.3 Å². The minimum absolute atomic E-state index is 0.216. The Bertz CT molecular complexity index is 861. The summed E-state index contributed by atoms with van der Waals surface area (Å²) in [4.78, 5) is 23.5. The molecule has 0 aromatic carbocycles. The smallest absolute Gasteiger partial charge is 0.259 e. The summed E-state index contributed by atoms with van der Waals surface area (Å²) in [5.74, 6) is 1.35. The molecule has 0 unspecified atom stereocenters. The van der Waals surface area contributed by atoms with E-state index in [9.17, 15) is 4.79 Å². The molecule has 0 spiro atoms. The SMILES string of the molecule is Cc1nccc2[nH]c(=O)c(-c3noc(C4CC4)n3)cc12. The molecule has 0 radical (unpaired) electrons. The van der Waals surface area contributed by atoms with E-state index in [0.29, 0.717) is 23.2 Å². The van der Waals surface area contributed by atoms with Gasteiger partial charge in [-0.05, 0) is 31.9 Å². The molecule has 1 fully saturated rings. The Morgan fingerprint density at radius 1 is 1.40 bits per heavy atom. The van der Waals surface area contributed by atoms with Crippen LogP contribution in [0, 0.1) is 6.92 Å². The first-order valence-corrected chi connectivity index (χ1v) is 6.55. The molecule has 1 saturated carbocycles. The number of fused-ring (bicyclic) bond motifs is 1. The van der Waals surface area contributed by atoms with E-state index in [2.05, 4.69) is 20.1 Å². The van der Waals surface area contributed by atoms with Crippen LogP contribution in [0.3, 0.4) is 0 Å². The van der Waals surface area contributed by atoms with Crippen LogP contribution in [0.15, 0.2) is 27.6 Å². The first-order chi connectivity index (χ1) is 9.72. The molecule has 1 N–H and O–H groups in total. The quantitative estimate of drug-likeness (QED) is 0.769. The summed E-state index contributed by atoms with van der Waals surface area (Å²) in [6.07, 6.45) is 3.84. The van der Waals surface area contributed by atoms with Gasteiger partial charge < -0.3 is 9.51 Å². The molecule has 0 aliphatic heterocycles. The highest BCUT2D eigenvalue weighted by Gasteiger charge is 2.30. The predicted octanol–water partition coefficient (Wildman–Crippen LogP) is 2.16. The average molecular weight is 268 g/mol. The lowest BCUT2D eigenvalue weighted by Crippen LogP contribution is -2.10. The molecule has 0 bridgehead atoms. The van der Waals surface area contributed by atoms with Crippen LogP contribution in [0.4, 0.5) is 0 Å². The van der Waals surface area contributed by atoms with Gasteiger partial charge in [0.15, 0.2) is 0 Å². The predicted molar refractivity (Wildman–Crippen MR) is 72.4 cm³/mol. The van der Waals surface area contributed by atoms with Gasteiger partial charge in [-0.15, -0.1) is 0 Å². The molecule has 0 saturated heterocycles. The number of nitrogens with zero attached hydrogens (tertiary/aromatic N) is 3. The number of aryl methyl sites for hydroxylation is 1. The zero-order valence-corrected chi connectivity index (χ0v) is 10.9. The summed E-state index contributed by atoms with van der Waals surface area (Å²) < 4.78 is 5.21. The van der Waals surface area contributed by atoms with Crippen LogP contribution >= 0.6 is 0 Å². The van der Waals surface area contributed by atoms with Gasteiger partial charge in [0.2, 0.25) is 11.7 Å². The van der Waals surface area contributed by atoms with Gasteiger partial charge in [-0.2, -0.15) is 4.98 Å². The molecule has 0 amide bonds. The standard InChI is InChI=1S/C14H12N4O2/c1-7-9-6-10(13(19)16-11(9)4-5-15-7)12-17-14(20-18-12)8-2-3-8/h4-6,8H,2-3H2,1H3,(H,16,19). The zero-order valence-electron chi connectivity index (χ0n) is 10.9. The Kier molecular flexibility index (Phi) is 2.26. The molecule has 20 heavy (non-hydrogen) atoms. The van der Waals surface area contributed by atoms with E-state index >= 15 is 0 Å². The summed E-state index contributed by atoms with van der Waals surface area (Å²) in [7, 11) is 0. The minimum Gasteiger partial charge on any atom is -0.339 e. The first kappa shape index (κ1) is 11.3. The molecule has 100 valence electrons. The van der Waals surface area contributed by atoms with Gasteiger partial charge in [-0.25, -0.2) is 0 Å². The van der Waals surface area contributed by atoms with Gasteiger partial charge in [-0.3, -0.25) is 9.78 Å². The van der Waals surface area contributed by atoms with E-state index in [4.69, 9.17) is 4.52 Å². The second-order valence-electron chi connectivity index (χ2n) is 5.10. The van der Waals surface area contributed by atoms with Crippen molar-refractivity contribution in [2.45, 2.75) is 25.7 Å². The largest absolute Gasteiger partial charge is 0.339 e. The molecule has 3 heterocycles. The summed E-state index contributed by atoms with van der Waals surface area (Å²) in [6, 6.07) is 3.55. The van der Waals surface area contributed by atoms with Crippen molar-refractivity contribution in [3.05, 3.63) is 40.3 Å². The van der Waals surface area contributed by atoms with Crippen LogP contribution in [-0.4, -0.2) is 20.1 Å². The van der Waals surface area contributed by atoms with Gasteiger partial charge in [0.05, 0.1) is 11.1 Å². The van der Waals surface area contributed by atoms with E-state index in [-0.39, 0.29) is 5.56 Å². The van der Waals surface area contributed by atoms with Crippen molar-refractivity contribution in [3.8, 4) is 11.4 Å². The second kappa shape index (κ2) is 4.00. The highest BCUT2D eigenvalue weighted by atomic mass is 16.5. The van der Waals surface area contributed by atoms with Crippen LogP contribution in [0.25, 0.3) is 22.3 Å².